The van der Waals surface area contributed by atoms with Crippen LogP contribution in [0.15, 0.2) is 0 Å². The second-order valence-electron chi connectivity index (χ2n) is 3.72. The minimum atomic E-state index is 1.06. The lowest BCUT2D eigenvalue weighted by atomic mass is 9.88. The van der Waals surface area contributed by atoms with Crippen LogP contribution in [0.4, 0.5) is 0 Å². The van der Waals surface area contributed by atoms with Gasteiger partial charge in [0.05, 0.1) is 0 Å². The fraction of sp³-hybridized carbons (Fsp3) is 1.00. The molecule has 0 aromatic heterocycles. The highest BCUT2D eigenvalue weighted by atomic mass is 14.2. The normalized spacial score (nSPS) is 12.0. The summed E-state index contributed by atoms with van der Waals surface area (Å²) in [5.41, 5.74) is 0. The summed E-state index contributed by atoms with van der Waals surface area (Å²) in [4.78, 5) is 0. The maximum absolute atomic E-state index is 2.31. The molecular formula is C23H60. The summed E-state index contributed by atoms with van der Waals surface area (Å²) >= 11 is 0. The molecule has 0 spiro atoms. The molecule has 0 radical (unpaired) electrons. The number of rotatable bonds is 0. The Morgan fingerprint density at radius 3 is 0.478 bits per heavy atom. The minimum absolute atomic E-state index is 1.06. The Hall–Kier alpha value is 0. The van der Waals surface area contributed by atoms with E-state index in [0.717, 1.165) is 11.8 Å². The Balaban J connectivity index is -0.0000000263. The highest BCUT2D eigenvalue weighted by Crippen LogP contribution is 2.26. The first-order chi connectivity index (χ1) is 11.3. The molecule has 0 aromatic rings. The molecule has 2 fully saturated rings. The van der Waals surface area contributed by atoms with Crippen molar-refractivity contribution in [2.75, 3.05) is 0 Å². The van der Waals surface area contributed by atoms with Gasteiger partial charge in [-0.15, -0.1) is 0 Å². The Kier molecular flexibility index (Phi) is 152. The van der Waals surface area contributed by atoms with E-state index in [1.807, 2.05) is 96.9 Å². The molecule has 152 valence electrons. The topological polar surface area (TPSA) is 0 Å². The zero-order valence-electron chi connectivity index (χ0n) is 20.7. The molecule has 0 atom stereocenters. The molecular weight excluding hydrogens is 276 g/mol. The minimum Gasteiger partial charge on any atom is -0.0683 e. The summed E-state index contributed by atoms with van der Waals surface area (Å²) in [5.74, 6) is 2.15. The van der Waals surface area contributed by atoms with Crippen LogP contribution in [-0.2, 0) is 0 Å². The second-order valence-corrected chi connectivity index (χ2v) is 3.72. The summed E-state index contributed by atoms with van der Waals surface area (Å²) in [6.45, 7) is 32.6. The fourth-order valence-electron chi connectivity index (χ4n) is 0.779. The van der Waals surface area contributed by atoms with Crippen LogP contribution in [0, 0.1) is 11.8 Å². The average molecular weight is 337 g/mol. The van der Waals surface area contributed by atoms with Gasteiger partial charge in [0.2, 0.25) is 0 Å². The highest BCUT2D eigenvalue weighted by molar-refractivity contribution is 4.65. The lowest BCUT2D eigenvalue weighted by Gasteiger charge is -2.18. The highest BCUT2D eigenvalue weighted by Gasteiger charge is 2.12. The maximum atomic E-state index is 2.31. The van der Waals surface area contributed by atoms with Crippen molar-refractivity contribution in [1.29, 1.82) is 0 Å². The van der Waals surface area contributed by atoms with Gasteiger partial charge < -0.3 is 0 Å². The van der Waals surface area contributed by atoms with E-state index < -0.39 is 0 Å². The van der Waals surface area contributed by atoms with Gasteiger partial charge >= 0.3 is 0 Å². The number of hydrogen-bond acceptors (Lipinski definition) is 0. The van der Waals surface area contributed by atoms with E-state index in [1.54, 1.807) is 0 Å². The van der Waals surface area contributed by atoms with Gasteiger partial charge in [0.1, 0.15) is 0 Å². The van der Waals surface area contributed by atoms with Crippen LogP contribution in [-0.4, -0.2) is 0 Å². The maximum Gasteiger partial charge on any atom is -0.0443 e. The van der Waals surface area contributed by atoms with Crippen molar-refractivity contribution in [3.05, 3.63) is 0 Å². The van der Waals surface area contributed by atoms with E-state index in [0.29, 0.717) is 0 Å². The molecule has 0 unspecified atom stereocenters. The Morgan fingerprint density at radius 1 is 0.348 bits per heavy atom. The first-order valence-corrected chi connectivity index (χ1v) is 11.3. The van der Waals surface area contributed by atoms with E-state index >= 15 is 0 Å². The van der Waals surface area contributed by atoms with E-state index in [-0.39, 0.29) is 0 Å². The summed E-state index contributed by atoms with van der Waals surface area (Å²) in [7, 11) is 0. The van der Waals surface area contributed by atoms with Crippen molar-refractivity contribution in [2.24, 2.45) is 11.8 Å². The van der Waals surface area contributed by atoms with Crippen LogP contribution in [0.5, 0.6) is 0 Å². The van der Waals surface area contributed by atoms with Crippen LogP contribution in [0.25, 0.3) is 0 Å². The SMILES string of the molecule is CC.CC.CC.CC.CC.CC.CC.CC1CC1.CC1CCC1. The van der Waals surface area contributed by atoms with Gasteiger partial charge in [-0.25, -0.2) is 0 Å². The van der Waals surface area contributed by atoms with Crippen molar-refractivity contribution in [2.45, 2.75) is 143 Å². The van der Waals surface area contributed by atoms with Crippen LogP contribution >= 0.6 is 0 Å². The zero-order valence-corrected chi connectivity index (χ0v) is 20.7. The van der Waals surface area contributed by atoms with Gasteiger partial charge in [0, 0.05) is 0 Å². The molecule has 2 saturated carbocycles. The van der Waals surface area contributed by atoms with Crippen LogP contribution in [0.3, 0.4) is 0 Å². The molecule has 2 aliphatic carbocycles. The molecule has 0 heterocycles. The quantitative estimate of drug-likeness (QED) is 0.412. The van der Waals surface area contributed by atoms with Crippen molar-refractivity contribution in [3.8, 4) is 0 Å². The first-order valence-electron chi connectivity index (χ1n) is 11.3. The van der Waals surface area contributed by atoms with Gasteiger partial charge in [-0.05, 0) is 11.8 Å². The Bertz CT molecular complexity index is 68.1. The molecule has 0 saturated heterocycles. The molecule has 0 bridgehead atoms. The standard InChI is InChI=1S/C5H10.C4H8.7C2H6/c1-5-3-2-4-5;1-4-2-3-4;7*1-2/h5H,2-4H2,1H3;4H,2-3H2,1H3;7*1-2H3. The molecule has 0 heteroatoms. The average Bonchev–Trinajstić information content (AvgIpc) is 3.48. The lowest BCUT2D eigenvalue weighted by Crippen LogP contribution is -2.04. The summed E-state index contributed by atoms with van der Waals surface area (Å²) in [5, 5.41) is 0. The molecule has 0 amide bonds. The molecule has 0 aromatic carbocycles. The number of hydrogen-bond donors (Lipinski definition) is 0. The van der Waals surface area contributed by atoms with Gasteiger partial charge in [-0.3, -0.25) is 0 Å². The molecule has 0 aliphatic heterocycles. The predicted molar refractivity (Wildman–Crippen MR) is 121 cm³/mol. The van der Waals surface area contributed by atoms with E-state index in [2.05, 4.69) is 13.8 Å². The fourth-order valence-corrected chi connectivity index (χ4v) is 0.779. The van der Waals surface area contributed by atoms with Crippen LogP contribution in [0.2, 0.25) is 0 Å². The van der Waals surface area contributed by atoms with E-state index in [4.69, 9.17) is 0 Å². The Morgan fingerprint density at radius 2 is 0.478 bits per heavy atom. The predicted octanol–water partition coefficient (Wildman–Crippen LogP) is 10.4. The third-order valence-electron chi connectivity index (χ3n) is 2.26. The monoisotopic (exact) mass is 336 g/mol. The third-order valence-corrected chi connectivity index (χ3v) is 2.26. The van der Waals surface area contributed by atoms with Crippen molar-refractivity contribution in [3.63, 3.8) is 0 Å². The molecule has 2 rings (SSSR count). The molecule has 23 heavy (non-hydrogen) atoms. The smallest absolute Gasteiger partial charge is 0.0443 e. The first kappa shape index (κ1) is 43.5. The van der Waals surface area contributed by atoms with Gasteiger partial charge in [-0.1, -0.05) is 143 Å². The summed E-state index contributed by atoms with van der Waals surface area (Å²) in [6.07, 6.45) is 7.43. The lowest BCUT2D eigenvalue weighted by molar-refractivity contribution is 0.346. The van der Waals surface area contributed by atoms with Crippen LogP contribution < -0.4 is 0 Å². The molecule has 0 nitrogen and oxygen atoms in total. The zero-order chi connectivity index (χ0) is 20.7. The van der Waals surface area contributed by atoms with Crippen molar-refractivity contribution < 1.29 is 0 Å². The van der Waals surface area contributed by atoms with Crippen LogP contribution in [0.1, 0.15) is 143 Å². The molecule has 2 aliphatic rings. The Labute approximate surface area is 155 Å². The van der Waals surface area contributed by atoms with Crippen molar-refractivity contribution >= 4 is 0 Å². The van der Waals surface area contributed by atoms with E-state index in [9.17, 15) is 0 Å². The third kappa shape index (κ3) is 109. The van der Waals surface area contributed by atoms with Gasteiger partial charge in [0.15, 0.2) is 0 Å². The second kappa shape index (κ2) is 80.2. The van der Waals surface area contributed by atoms with E-state index in [1.165, 1.54) is 32.1 Å². The summed E-state index contributed by atoms with van der Waals surface area (Å²) < 4.78 is 0. The van der Waals surface area contributed by atoms with Crippen molar-refractivity contribution in [1.82, 2.24) is 0 Å². The molecule has 0 N–H and O–H groups in total. The largest absolute Gasteiger partial charge is 0.0683 e. The van der Waals surface area contributed by atoms with Gasteiger partial charge in [-0.2, -0.15) is 0 Å². The summed E-state index contributed by atoms with van der Waals surface area (Å²) in [6, 6.07) is 0. The van der Waals surface area contributed by atoms with Gasteiger partial charge in [0.25, 0.3) is 0 Å².